The number of amidine groups is 1. The molecule has 0 radical (unpaired) electrons. The van der Waals surface area contributed by atoms with Gasteiger partial charge >= 0.3 is 0 Å². The van der Waals surface area contributed by atoms with Crippen LogP contribution < -0.4 is 5.32 Å². The summed E-state index contributed by atoms with van der Waals surface area (Å²) >= 11 is 0. The molecule has 1 N–H and O–H groups in total. The maximum Gasteiger partial charge on any atom is 0.134 e. The minimum absolute atomic E-state index is 0.896. The summed E-state index contributed by atoms with van der Waals surface area (Å²) in [6, 6.07) is 6.29. The molecule has 3 rings (SSSR count). The first-order valence-electron chi connectivity index (χ1n) is 5.57. The van der Waals surface area contributed by atoms with Gasteiger partial charge < -0.3 is 9.73 Å². The molecule has 0 aliphatic carbocycles. The van der Waals surface area contributed by atoms with E-state index in [9.17, 15) is 0 Å². The zero-order valence-corrected chi connectivity index (χ0v) is 9.29. The molecule has 1 aromatic heterocycles. The largest absolute Gasteiger partial charge is 0.464 e. The summed E-state index contributed by atoms with van der Waals surface area (Å²) in [5, 5.41) is 4.47. The second-order valence-corrected chi connectivity index (χ2v) is 4.17. The Labute approximate surface area is 94.2 Å². The molecule has 0 saturated heterocycles. The van der Waals surface area contributed by atoms with Crippen molar-refractivity contribution in [3.63, 3.8) is 0 Å². The van der Waals surface area contributed by atoms with Crippen molar-refractivity contribution < 1.29 is 4.42 Å². The summed E-state index contributed by atoms with van der Waals surface area (Å²) < 4.78 is 5.38. The van der Waals surface area contributed by atoms with Crippen LogP contribution in [-0.2, 0) is 6.42 Å². The Morgan fingerprint density at radius 2 is 2.38 bits per heavy atom. The van der Waals surface area contributed by atoms with E-state index in [1.165, 1.54) is 16.5 Å². The third-order valence-corrected chi connectivity index (χ3v) is 3.01. The summed E-state index contributed by atoms with van der Waals surface area (Å²) in [6.45, 7) is 4.00. The van der Waals surface area contributed by atoms with Crippen LogP contribution in [0.2, 0.25) is 0 Å². The zero-order chi connectivity index (χ0) is 11.0. The lowest BCUT2D eigenvalue weighted by Gasteiger charge is -2.06. The Morgan fingerprint density at radius 3 is 3.19 bits per heavy atom. The number of rotatable bonds is 2. The van der Waals surface area contributed by atoms with Crippen LogP contribution in [0.3, 0.4) is 0 Å². The highest BCUT2D eigenvalue weighted by Crippen LogP contribution is 2.21. The van der Waals surface area contributed by atoms with Gasteiger partial charge in [0, 0.05) is 18.4 Å². The molecular formula is C13H14N2O. The first-order valence-corrected chi connectivity index (χ1v) is 5.57. The van der Waals surface area contributed by atoms with Gasteiger partial charge in [-0.25, -0.2) is 0 Å². The predicted molar refractivity (Wildman–Crippen MR) is 65.0 cm³/mol. The Hall–Kier alpha value is -1.77. The molecule has 2 heterocycles. The van der Waals surface area contributed by atoms with Gasteiger partial charge in [0.05, 0.1) is 12.8 Å². The van der Waals surface area contributed by atoms with Crippen LogP contribution in [0.25, 0.3) is 11.0 Å². The van der Waals surface area contributed by atoms with E-state index in [2.05, 4.69) is 29.4 Å². The van der Waals surface area contributed by atoms with Gasteiger partial charge in [0.2, 0.25) is 0 Å². The Morgan fingerprint density at radius 1 is 1.44 bits per heavy atom. The fourth-order valence-corrected chi connectivity index (χ4v) is 2.09. The number of hydrogen-bond donors (Lipinski definition) is 1. The normalized spacial score (nSPS) is 15.2. The van der Waals surface area contributed by atoms with Crippen molar-refractivity contribution in [1.82, 2.24) is 5.32 Å². The Bertz CT molecular complexity index is 554. The molecule has 1 aromatic carbocycles. The number of fused-ring (bicyclic) bond motifs is 1. The van der Waals surface area contributed by atoms with E-state index in [4.69, 9.17) is 4.42 Å². The lowest BCUT2D eigenvalue weighted by atomic mass is 10.0. The Balaban J connectivity index is 1.98. The highest BCUT2D eigenvalue weighted by atomic mass is 16.3. The van der Waals surface area contributed by atoms with Crippen molar-refractivity contribution in [2.24, 2.45) is 4.99 Å². The van der Waals surface area contributed by atoms with Crippen LogP contribution in [0, 0.1) is 6.92 Å². The fourth-order valence-electron chi connectivity index (χ4n) is 2.09. The minimum atomic E-state index is 0.896. The molecule has 1 aliphatic rings. The van der Waals surface area contributed by atoms with Crippen LogP contribution in [0.4, 0.5) is 0 Å². The summed E-state index contributed by atoms with van der Waals surface area (Å²) in [4.78, 5) is 4.42. The zero-order valence-electron chi connectivity index (χ0n) is 9.29. The molecule has 3 nitrogen and oxygen atoms in total. The average Bonchev–Trinajstić information content (AvgIpc) is 2.89. The van der Waals surface area contributed by atoms with Crippen LogP contribution in [0.5, 0.6) is 0 Å². The molecule has 0 spiro atoms. The molecule has 0 atom stereocenters. The highest BCUT2D eigenvalue weighted by Gasteiger charge is 2.09. The molecule has 1 aliphatic heterocycles. The molecule has 0 unspecified atom stereocenters. The molecule has 16 heavy (non-hydrogen) atoms. The SMILES string of the molecule is Cc1cc2occc2cc1CC1=NCCN1. The van der Waals surface area contributed by atoms with E-state index in [1.807, 2.05) is 6.07 Å². The maximum absolute atomic E-state index is 5.38. The van der Waals surface area contributed by atoms with Crippen molar-refractivity contribution in [2.45, 2.75) is 13.3 Å². The fraction of sp³-hybridized carbons (Fsp3) is 0.308. The number of benzene rings is 1. The van der Waals surface area contributed by atoms with Crippen molar-refractivity contribution >= 4 is 16.8 Å². The van der Waals surface area contributed by atoms with Crippen molar-refractivity contribution in [2.75, 3.05) is 13.1 Å². The molecule has 0 amide bonds. The van der Waals surface area contributed by atoms with Gasteiger partial charge in [-0.2, -0.15) is 0 Å². The molecule has 82 valence electrons. The van der Waals surface area contributed by atoms with Crippen LogP contribution >= 0.6 is 0 Å². The van der Waals surface area contributed by atoms with E-state index < -0.39 is 0 Å². The lowest BCUT2D eigenvalue weighted by Crippen LogP contribution is -2.20. The first kappa shape index (κ1) is 9.46. The number of hydrogen-bond acceptors (Lipinski definition) is 3. The lowest BCUT2D eigenvalue weighted by molar-refractivity contribution is 0.615. The van der Waals surface area contributed by atoms with Gasteiger partial charge in [0.1, 0.15) is 11.4 Å². The number of aryl methyl sites for hydroxylation is 1. The molecule has 0 bridgehead atoms. The van der Waals surface area contributed by atoms with Gasteiger partial charge in [-0.15, -0.1) is 0 Å². The molecular weight excluding hydrogens is 200 g/mol. The highest BCUT2D eigenvalue weighted by molar-refractivity contribution is 5.87. The van der Waals surface area contributed by atoms with E-state index in [1.54, 1.807) is 6.26 Å². The van der Waals surface area contributed by atoms with E-state index in [-0.39, 0.29) is 0 Å². The van der Waals surface area contributed by atoms with Gasteiger partial charge in [-0.1, -0.05) is 0 Å². The number of nitrogens with one attached hydrogen (secondary N) is 1. The monoisotopic (exact) mass is 214 g/mol. The van der Waals surface area contributed by atoms with E-state index in [0.29, 0.717) is 0 Å². The van der Waals surface area contributed by atoms with Crippen molar-refractivity contribution in [1.29, 1.82) is 0 Å². The second kappa shape index (κ2) is 3.67. The van der Waals surface area contributed by atoms with Crippen LogP contribution in [0.15, 0.2) is 33.9 Å². The molecule has 0 saturated carbocycles. The molecule has 2 aromatic rings. The van der Waals surface area contributed by atoms with Gasteiger partial charge in [-0.05, 0) is 36.2 Å². The first-order chi connectivity index (χ1) is 7.83. The summed E-state index contributed by atoms with van der Waals surface area (Å²) in [5.41, 5.74) is 3.54. The quantitative estimate of drug-likeness (QED) is 0.832. The third kappa shape index (κ3) is 1.58. The maximum atomic E-state index is 5.38. The summed E-state index contributed by atoms with van der Waals surface area (Å²) in [6.07, 6.45) is 2.63. The molecule has 0 fully saturated rings. The van der Waals surface area contributed by atoms with Gasteiger partial charge in [0.25, 0.3) is 0 Å². The topological polar surface area (TPSA) is 37.5 Å². The van der Waals surface area contributed by atoms with Crippen LogP contribution in [-0.4, -0.2) is 18.9 Å². The average molecular weight is 214 g/mol. The van der Waals surface area contributed by atoms with Crippen molar-refractivity contribution in [3.8, 4) is 0 Å². The molecule has 3 heteroatoms. The smallest absolute Gasteiger partial charge is 0.134 e. The van der Waals surface area contributed by atoms with E-state index >= 15 is 0 Å². The number of nitrogens with zero attached hydrogens (tertiary/aromatic N) is 1. The predicted octanol–water partition coefficient (Wildman–Crippen LogP) is 2.29. The van der Waals surface area contributed by atoms with Gasteiger partial charge in [0.15, 0.2) is 0 Å². The third-order valence-electron chi connectivity index (χ3n) is 3.01. The Kier molecular flexibility index (Phi) is 2.17. The summed E-state index contributed by atoms with van der Waals surface area (Å²) in [5.74, 6) is 1.10. The standard InChI is InChI=1S/C13H14N2O/c1-9-6-12-10(2-5-16-12)7-11(9)8-13-14-3-4-15-13/h2,5-7H,3-4,8H2,1H3,(H,14,15). The second-order valence-electron chi connectivity index (χ2n) is 4.17. The van der Waals surface area contributed by atoms with Crippen LogP contribution in [0.1, 0.15) is 11.1 Å². The minimum Gasteiger partial charge on any atom is -0.464 e. The van der Waals surface area contributed by atoms with E-state index in [0.717, 1.165) is 30.9 Å². The van der Waals surface area contributed by atoms with Crippen molar-refractivity contribution in [3.05, 3.63) is 35.6 Å². The summed E-state index contributed by atoms with van der Waals surface area (Å²) in [7, 11) is 0. The van der Waals surface area contributed by atoms with Gasteiger partial charge in [-0.3, -0.25) is 4.99 Å². The number of furan rings is 1. The number of aliphatic imine (C=N–C) groups is 1.